The van der Waals surface area contributed by atoms with Gasteiger partial charge in [-0.25, -0.2) is 9.50 Å². The Hall–Kier alpha value is -1.63. The summed E-state index contributed by atoms with van der Waals surface area (Å²) in [5.74, 6) is 0.935. The molecule has 2 rings (SSSR count). The molecule has 1 amide bonds. The lowest BCUT2D eigenvalue weighted by molar-refractivity contribution is -0.119. The first kappa shape index (κ1) is 17.7. The van der Waals surface area contributed by atoms with E-state index >= 15 is 0 Å². The van der Waals surface area contributed by atoms with Gasteiger partial charge in [0.2, 0.25) is 11.1 Å². The summed E-state index contributed by atoms with van der Waals surface area (Å²) in [4.78, 5) is 20.7. The van der Waals surface area contributed by atoms with Crippen molar-refractivity contribution in [1.29, 1.82) is 0 Å². The highest BCUT2D eigenvalue weighted by Crippen LogP contribution is 2.15. The van der Waals surface area contributed by atoms with Gasteiger partial charge < -0.3 is 5.32 Å². The van der Waals surface area contributed by atoms with Crippen molar-refractivity contribution >= 4 is 23.4 Å². The molecule has 0 radical (unpaired) electrons. The van der Waals surface area contributed by atoms with Crippen molar-refractivity contribution < 1.29 is 4.79 Å². The molecule has 0 fully saturated rings. The summed E-state index contributed by atoms with van der Waals surface area (Å²) in [5.41, 5.74) is 1.90. The standard InChI is InChI=1S/C16H25N5OS/c1-5-6-7-8-11(2)17-14(22)10-23-16-19-15-18-12(3)9-13(4)21(15)20-16/h9,11H,5-8,10H2,1-4H3,(H,17,22). The molecule has 2 aromatic heterocycles. The Balaban J connectivity index is 1.86. The first-order chi connectivity index (χ1) is 11.0. The van der Waals surface area contributed by atoms with Gasteiger partial charge in [-0.15, -0.1) is 5.10 Å². The van der Waals surface area contributed by atoms with Crippen LogP contribution in [0.15, 0.2) is 11.2 Å². The number of fused-ring (bicyclic) bond motifs is 1. The molecule has 1 N–H and O–H groups in total. The Morgan fingerprint density at radius 1 is 1.35 bits per heavy atom. The van der Waals surface area contributed by atoms with Crippen LogP contribution in [0.1, 0.15) is 50.9 Å². The fourth-order valence-electron chi connectivity index (χ4n) is 2.43. The molecule has 126 valence electrons. The van der Waals surface area contributed by atoms with Crippen molar-refractivity contribution in [3.8, 4) is 0 Å². The number of hydrogen-bond donors (Lipinski definition) is 1. The lowest BCUT2D eigenvalue weighted by Gasteiger charge is -2.12. The zero-order valence-electron chi connectivity index (χ0n) is 14.3. The Morgan fingerprint density at radius 2 is 2.13 bits per heavy atom. The molecular weight excluding hydrogens is 310 g/mol. The first-order valence-corrected chi connectivity index (χ1v) is 9.11. The fourth-order valence-corrected chi connectivity index (χ4v) is 3.06. The molecule has 0 spiro atoms. The average Bonchev–Trinajstić information content (AvgIpc) is 2.88. The summed E-state index contributed by atoms with van der Waals surface area (Å²) in [5, 5.41) is 8.00. The summed E-state index contributed by atoms with van der Waals surface area (Å²) in [6.07, 6.45) is 4.59. The number of aryl methyl sites for hydroxylation is 2. The van der Waals surface area contributed by atoms with Crippen LogP contribution in [0.25, 0.3) is 5.78 Å². The molecule has 0 bridgehead atoms. The van der Waals surface area contributed by atoms with Gasteiger partial charge in [0, 0.05) is 17.4 Å². The van der Waals surface area contributed by atoms with E-state index in [4.69, 9.17) is 0 Å². The predicted octanol–water partition coefficient (Wildman–Crippen LogP) is 2.92. The molecule has 0 aromatic carbocycles. The van der Waals surface area contributed by atoms with Gasteiger partial charge in [-0.2, -0.15) is 4.98 Å². The summed E-state index contributed by atoms with van der Waals surface area (Å²) in [7, 11) is 0. The Morgan fingerprint density at radius 3 is 2.87 bits per heavy atom. The molecule has 23 heavy (non-hydrogen) atoms. The van der Waals surface area contributed by atoms with E-state index in [9.17, 15) is 4.79 Å². The van der Waals surface area contributed by atoms with Gasteiger partial charge in [-0.1, -0.05) is 37.9 Å². The number of thioether (sulfide) groups is 1. The van der Waals surface area contributed by atoms with Crippen LogP contribution in [0.2, 0.25) is 0 Å². The number of rotatable bonds is 8. The van der Waals surface area contributed by atoms with Gasteiger partial charge in [0.25, 0.3) is 5.78 Å². The second kappa shape index (κ2) is 8.29. The van der Waals surface area contributed by atoms with E-state index in [0.29, 0.717) is 16.7 Å². The van der Waals surface area contributed by atoms with Gasteiger partial charge in [-0.3, -0.25) is 4.79 Å². The van der Waals surface area contributed by atoms with Crippen LogP contribution in [-0.4, -0.2) is 37.3 Å². The monoisotopic (exact) mass is 335 g/mol. The molecule has 0 aliphatic rings. The third-order valence-corrected chi connectivity index (χ3v) is 4.42. The first-order valence-electron chi connectivity index (χ1n) is 8.12. The number of aromatic nitrogens is 4. The molecule has 0 saturated heterocycles. The Kier molecular flexibility index (Phi) is 6.38. The molecule has 2 heterocycles. The molecule has 0 aliphatic carbocycles. The highest BCUT2D eigenvalue weighted by Gasteiger charge is 2.12. The minimum atomic E-state index is 0.0266. The highest BCUT2D eigenvalue weighted by atomic mass is 32.2. The zero-order valence-corrected chi connectivity index (χ0v) is 15.1. The number of carbonyl (C=O) groups is 1. The molecule has 1 unspecified atom stereocenters. The lowest BCUT2D eigenvalue weighted by atomic mass is 10.1. The van der Waals surface area contributed by atoms with Crippen LogP contribution in [0, 0.1) is 13.8 Å². The minimum Gasteiger partial charge on any atom is -0.353 e. The van der Waals surface area contributed by atoms with E-state index in [-0.39, 0.29) is 11.9 Å². The molecule has 6 nitrogen and oxygen atoms in total. The van der Waals surface area contributed by atoms with Gasteiger partial charge in [0.05, 0.1) is 5.75 Å². The zero-order chi connectivity index (χ0) is 16.8. The average molecular weight is 335 g/mol. The third kappa shape index (κ3) is 5.20. The molecule has 1 atom stereocenters. The molecular formula is C16H25N5OS. The predicted molar refractivity (Wildman–Crippen MR) is 92.7 cm³/mol. The smallest absolute Gasteiger partial charge is 0.253 e. The number of carbonyl (C=O) groups excluding carboxylic acids is 1. The van der Waals surface area contributed by atoms with Crippen molar-refractivity contribution in [2.24, 2.45) is 0 Å². The van der Waals surface area contributed by atoms with Crippen LogP contribution in [0.3, 0.4) is 0 Å². The lowest BCUT2D eigenvalue weighted by Crippen LogP contribution is -2.33. The Labute approximate surface area is 141 Å². The van der Waals surface area contributed by atoms with E-state index in [1.807, 2.05) is 19.9 Å². The van der Waals surface area contributed by atoms with E-state index in [0.717, 1.165) is 24.2 Å². The van der Waals surface area contributed by atoms with Crippen molar-refractivity contribution in [2.45, 2.75) is 64.6 Å². The van der Waals surface area contributed by atoms with Crippen molar-refractivity contribution in [3.05, 3.63) is 17.5 Å². The third-order valence-electron chi connectivity index (χ3n) is 3.58. The minimum absolute atomic E-state index is 0.0266. The van der Waals surface area contributed by atoms with Crippen molar-refractivity contribution in [1.82, 2.24) is 24.9 Å². The maximum absolute atomic E-state index is 12.0. The van der Waals surface area contributed by atoms with Crippen LogP contribution in [-0.2, 0) is 4.79 Å². The normalized spacial score (nSPS) is 12.5. The molecule has 0 aliphatic heterocycles. The summed E-state index contributed by atoms with van der Waals surface area (Å²) < 4.78 is 1.71. The SMILES string of the molecule is CCCCCC(C)NC(=O)CSc1nc2nc(C)cc(C)n2n1. The maximum atomic E-state index is 12.0. The van der Waals surface area contributed by atoms with Gasteiger partial charge in [-0.05, 0) is 33.3 Å². The van der Waals surface area contributed by atoms with Crippen LogP contribution >= 0.6 is 11.8 Å². The fraction of sp³-hybridized carbons (Fsp3) is 0.625. The van der Waals surface area contributed by atoms with E-state index in [1.165, 1.54) is 24.6 Å². The van der Waals surface area contributed by atoms with Gasteiger partial charge in [0.1, 0.15) is 0 Å². The number of amides is 1. The van der Waals surface area contributed by atoms with E-state index < -0.39 is 0 Å². The number of nitrogens with zero attached hydrogens (tertiary/aromatic N) is 4. The summed E-state index contributed by atoms with van der Waals surface area (Å²) >= 11 is 1.34. The quantitative estimate of drug-likeness (QED) is 0.593. The van der Waals surface area contributed by atoms with E-state index in [1.54, 1.807) is 4.52 Å². The van der Waals surface area contributed by atoms with Gasteiger partial charge in [0.15, 0.2) is 0 Å². The number of nitrogens with one attached hydrogen (secondary N) is 1. The van der Waals surface area contributed by atoms with Crippen molar-refractivity contribution in [3.63, 3.8) is 0 Å². The summed E-state index contributed by atoms with van der Waals surface area (Å²) in [6.45, 7) is 8.13. The molecule has 2 aromatic rings. The second-order valence-corrected chi connectivity index (χ2v) is 6.84. The maximum Gasteiger partial charge on any atom is 0.253 e. The largest absolute Gasteiger partial charge is 0.353 e. The number of unbranched alkanes of at least 4 members (excludes halogenated alkanes) is 2. The molecule has 7 heteroatoms. The van der Waals surface area contributed by atoms with E-state index in [2.05, 4.69) is 34.2 Å². The highest BCUT2D eigenvalue weighted by molar-refractivity contribution is 7.99. The Bertz CT molecular complexity index is 670. The van der Waals surface area contributed by atoms with Gasteiger partial charge >= 0.3 is 0 Å². The van der Waals surface area contributed by atoms with Crippen molar-refractivity contribution in [2.75, 3.05) is 5.75 Å². The number of hydrogen-bond acceptors (Lipinski definition) is 5. The summed E-state index contributed by atoms with van der Waals surface area (Å²) in [6, 6.07) is 2.18. The van der Waals surface area contributed by atoms with Crippen LogP contribution < -0.4 is 5.32 Å². The van der Waals surface area contributed by atoms with Crippen LogP contribution in [0.4, 0.5) is 0 Å². The molecule has 0 saturated carbocycles. The van der Waals surface area contributed by atoms with Crippen LogP contribution in [0.5, 0.6) is 0 Å². The topological polar surface area (TPSA) is 72.2 Å². The second-order valence-electron chi connectivity index (χ2n) is 5.90.